The lowest BCUT2D eigenvalue weighted by Gasteiger charge is -2.10. The van der Waals surface area contributed by atoms with Gasteiger partial charge in [-0.25, -0.2) is 26.3 Å². The quantitative estimate of drug-likeness (QED) is 0.435. The topological polar surface area (TPSA) is 135 Å². The smallest absolute Gasteiger partial charge is 0.255 e. The van der Waals surface area contributed by atoms with Gasteiger partial charge in [-0.2, -0.15) is 0 Å². The lowest BCUT2D eigenvalue weighted by atomic mass is 10.2. The fourth-order valence-corrected chi connectivity index (χ4v) is 5.22. The van der Waals surface area contributed by atoms with Gasteiger partial charge in [0.05, 0.1) is 22.6 Å². The Balaban J connectivity index is 1.42. The minimum atomic E-state index is -3.78. The van der Waals surface area contributed by atoms with E-state index >= 15 is 0 Å². The predicted molar refractivity (Wildman–Crippen MR) is 117 cm³/mol. The van der Waals surface area contributed by atoms with Crippen molar-refractivity contribution < 1.29 is 26.0 Å². The molecule has 1 aromatic heterocycles. The second-order valence-electron chi connectivity index (χ2n) is 7.31. The number of hydrogen-bond acceptors (Lipinski definition) is 6. The van der Waals surface area contributed by atoms with Crippen LogP contribution in [0.2, 0.25) is 0 Å². The number of sulfonamides is 2. The summed E-state index contributed by atoms with van der Waals surface area (Å²) in [5.41, 5.74) is 0.532. The van der Waals surface area contributed by atoms with E-state index in [1.165, 1.54) is 48.7 Å². The van der Waals surface area contributed by atoms with Crippen molar-refractivity contribution in [1.29, 1.82) is 0 Å². The van der Waals surface area contributed by atoms with Crippen molar-refractivity contribution in [2.24, 2.45) is 0 Å². The van der Waals surface area contributed by atoms with E-state index in [4.69, 9.17) is 4.42 Å². The summed E-state index contributed by atoms with van der Waals surface area (Å²) >= 11 is 0. The van der Waals surface area contributed by atoms with E-state index in [1.54, 1.807) is 18.2 Å². The Bertz CT molecular complexity index is 1310. The second kappa shape index (κ2) is 8.87. The van der Waals surface area contributed by atoms with E-state index in [0.29, 0.717) is 11.4 Å². The number of carbonyl (C=O) groups excluding carboxylic acids is 1. The van der Waals surface area contributed by atoms with Crippen LogP contribution < -0.4 is 14.8 Å². The summed E-state index contributed by atoms with van der Waals surface area (Å²) < 4.78 is 59.6. The molecule has 0 spiro atoms. The molecule has 11 heteroatoms. The van der Waals surface area contributed by atoms with Gasteiger partial charge >= 0.3 is 0 Å². The SMILES string of the molecule is O=C(Nc1cccc(S(=O)(=O)NC2CC2)c1)c1ccc(S(=O)(=O)NCc2ccco2)cc1. The Morgan fingerprint density at radius 3 is 2.31 bits per heavy atom. The van der Waals surface area contributed by atoms with Gasteiger partial charge in [0.25, 0.3) is 5.91 Å². The highest BCUT2D eigenvalue weighted by Gasteiger charge is 2.28. The van der Waals surface area contributed by atoms with Gasteiger partial charge in [-0.3, -0.25) is 4.79 Å². The van der Waals surface area contributed by atoms with Crippen LogP contribution in [0.25, 0.3) is 0 Å². The van der Waals surface area contributed by atoms with E-state index in [0.717, 1.165) is 12.8 Å². The molecule has 3 N–H and O–H groups in total. The van der Waals surface area contributed by atoms with Gasteiger partial charge in [0.15, 0.2) is 0 Å². The molecule has 1 heterocycles. The van der Waals surface area contributed by atoms with Gasteiger partial charge < -0.3 is 9.73 Å². The molecule has 1 fully saturated rings. The fraction of sp³-hybridized carbons (Fsp3) is 0.190. The van der Waals surface area contributed by atoms with E-state index < -0.39 is 26.0 Å². The van der Waals surface area contributed by atoms with Crippen LogP contribution in [0.4, 0.5) is 5.69 Å². The number of amides is 1. The average Bonchev–Trinajstić information content (AvgIpc) is 3.41. The zero-order valence-electron chi connectivity index (χ0n) is 16.8. The molecule has 9 nitrogen and oxygen atoms in total. The lowest BCUT2D eigenvalue weighted by molar-refractivity contribution is 0.102. The van der Waals surface area contributed by atoms with Crippen LogP contribution in [0.3, 0.4) is 0 Å². The van der Waals surface area contributed by atoms with Gasteiger partial charge in [0.1, 0.15) is 5.76 Å². The van der Waals surface area contributed by atoms with Gasteiger partial charge in [0.2, 0.25) is 20.0 Å². The van der Waals surface area contributed by atoms with Crippen LogP contribution >= 0.6 is 0 Å². The molecule has 1 amide bonds. The van der Waals surface area contributed by atoms with Crippen molar-refractivity contribution in [3.8, 4) is 0 Å². The Kier molecular flexibility index (Phi) is 6.15. The molecule has 0 bridgehead atoms. The maximum atomic E-state index is 12.6. The average molecular weight is 476 g/mol. The molecule has 0 saturated heterocycles. The normalized spacial score (nSPS) is 14.2. The summed E-state index contributed by atoms with van der Waals surface area (Å²) in [7, 11) is -7.43. The van der Waals surface area contributed by atoms with E-state index in [-0.39, 0.29) is 27.9 Å². The van der Waals surface area contributed by atoms with Gasteiger partial charge in [0, 0.05) is 17.3 Å². The maximum Gasteiger partial charge on any atom is 0.255 e. The van der Waals surface area contributed by atoms with Crippen LogP contribution in [0.15, 0.2) is 81.1 Å². The van der Waals surface area contributed by atoms with Crippen molar-refractivity contribution in [3.05, 3.63) is 78.3 Å². The van der Waals surface area contributed by atoms with Crippen LogP contribution in [0.5, 0.6) is 0 Å². The van der Waals surface area contributed by atoms with Crippen molar-refractivity contribution in [2.45, 2.75) is 35.2 Å². The second-order valence-corrected chi connectivity index (χ2v) is 10.8. The number of anilines is 1. The molecule has 3 aromatic rings. The van der Waals surface area contributed by atoms with Crippen LogP contribution in [-0.4, -0.2) is 28.8 Å². The van der Waals surface area contributed by atoms with E-state index in [2.05, 4.69) is 14.8 Å². The summed E-state index contributed by atoms with van der Waals surface area (Å²) in [6.07, 6.45) is 3.09. The minimum Gasteiger partial charge on any atom is -0.468 e. The number of carbonyl (C=O) groups is 1. The van der Waals surface area contributed by atoms with Crippen molar-refractivity contribution >= 4 is 31.6 Å². The van der Waals surface area contributed by atoms with Crippen LogP contribution in [-0.2, 0) is 26.6 Å². The Labute approximate surface area is 185 Å². The van der Waals surface area contributed by atoms with E-state index in [1.807, 2.05) is 0 Å². The third-order valence-electron chi connectivity index (χ3n) is 4.74. The van der Waals surface area contributed by atoms with Gasteiger partial charge in [-0.05, 0) is 67.4 Å². The van der Waals surface area contributed by atoms with Gasteiger partial charge in [-0.1, -0.05) is 6.07 Å². The summed E-state index contributed by atoms with van der Waals surface area (Å²) in [4.78, 5) is 12.6. The largest absolute Gasteiger partial charge is 0.468 e. The number of hydrogen-bond donors (Lipinski definition) is 3. The standard InChI is InChI=1S/C21H21N3O6S2/c25-21(23-17-3-1-5-20(13-17)32(28,29)24-16-8-9-16)15-6-10-19(11-7-15)31(26,27)22-14-18-4-2-12-30-18/h1-7,10-13,16,22,24H,8-9,14H2,(H,23,25). The number of nitrogens with one attached hydrogen (secondary N) is 3. The molecule has 1 aliphatic rings. The first-order valence-corrected chi connectivity index (χ1v) is 12.8. The first-order valence-electron chi connectivity index (χ1n) is 9.79. The predicted octanol–water partition coefficient (Wildman–Crippen LogP) is 2.45. The Hall–Kier alpha value is -2.99. The monoisotopic (exact) mass is 475 g/mol. The molecular weight excluding hydrogens is 454 g/mol. The molecule has 2 aromatic carbocycles. The lowest BCUT2D eigenvalue weighted by Crippen LogP contribution is -2.25. The summed E-state index contributed by atoms with van der Waals surface area (Å²) in [6.45, 7) is 0.00637. The molecule has 0 aliphatic heterocycles. The van der Waals surface area contributed by atoms with Gasteiger partial charge in [-0.15, -0.1) is 0 Å². The number of rotatable bonds is 9. The number of furan rings is 1. The molecule has 4 rings (SSSR count). The highest BCUT2D eigenvalue weighted by atomic mass is 32.2. The fourth-order valence-electron chi connectivity index (χ4n) is 2.88. The zero-order valence-corrected chi connectivity index (χ0v) is 18.4. The van der Waals surface area contributed by atoms with Crippen molar-refractivity contribution in [3.63, 3.8) is 0 Å². The third-order valence-corrected chi connectivity index (χ3v) is 7.68. The zero-order chi connectivity index (χ0) is 22.8. The first-order chi connectivity index (χ1) is 15.2. The molecule has 0 atom stereocenters. The Morgan fingerprint density at radius 2 is 1.66 bits per heavy atom. The summed E-state index contributed by atoms with van der Waals surface area (Å²) in [5, 5.41) is 2.63. The van der Waals surface area contributed by atoms with Crippen molar-refractivity contribution in [2.75, 3.05) is 5.32 Å². The third kappa shape index (κ3) is 5.43. The Morgan fingerprint density at radius 1 is 0.906 bits per heavy atom. The summed E-state index contributed by atoms with van der Waals surface area (Å²) in [6, 6.07) is 14.6. The minimum absolute atomic E-state index is 0.000141. The van der Waals surface area contributed by atoms with Crippen molar-refractivity contribution in [1.82, 2.24) is 9.44 Å². The highest BCUT2D eigenvalue weighted by Crippen LogP contribution is 2.23. The molecule has 0 unspecified atom stereocenters. The van der Waals surface area contributed by atoms with E-state index in [9.17, 15) is 21.6 Å². The molecule has 1 saturated carbocycles. The molecule has 1 aliphatic carbocycles. The molecule has 168 valence electrons. The molecular formula is C21H21N3O6S2. The maximum absolute atomic E-state index is 12.6. The molecule has 0 radical (unpaired) electrons. The highest BCUT2D eigenvalue weighted by molar-refractivity contribution is 7.89. The van der Waals surface area contributed by atoms with Crippen LogP contribution in [0, 0.1) is 0 Å². The summed E-state index contributed by atoms with van der Waals surface area (Å²) in [5.74, 6) is -0.0247. The molecule has 32 heavy (non-hydrogen) atoms. The first kappa shape index (κ1) is 22.2. The number of benzene rings is 2. The van der Waals surface area contributed by atoms with Crippen LogP contribution in [0.1, 0.15) is 29.0 Å².